The summed E-state index contributed by atoms with van der Waals surface area (Å²) in [5.74, 6) is 0.0616. The topological polar surface area (TPSA) is 44.8 Å². The Labute approximate surface area is 172 Å². The number of allylic oxidation sites excluding steroid dienone is 1. The van der Waals surface area contributed by atoms with Gasteiger partial charge in [0.05, 0.1) is 12.0 Å². The molecule has 0 aromatic rings. The Balaban J connectivity index is 1.66. The number of carbonyl (C=O) groups excluding carboxylic acids is 1. The average Bonchev–Trinajstić information content (AvgIpc) is 2.71. The molecule has 2 fully saturated rings. The number of hydrogen-bond donors (Lipinski definition) is 0. The van der Waals surface area contributed by atoms with Crippen LogP contribution in [-0.4, -0.2) is 31.1 Å². The van der Waals surface area contributed by atoms with Crippen molar-refractivity contribution >= 4 is 5.97 Å². The van der Waals surface area contributed by atoms with E-state index in [1.165, 1.54) is 51.4 Å². The van der Waals surface area contributed by atoms with Crippen molar-refractivity contribution in [2.24, 2.45) is 5.92 Å². The van der Waals surface area contributed by atoms with Crippen LogP contribution in [0.1, 0.15) is 103 Å². The van der Waals surface area contributed by atoms with Gasteiger partial charge in [-0.25, -0.2) is 0 Å². The molecule has 0 bridgehead atoms. The largest absolute Gasteiger partial charge is 0.461 e. The van der Waals surface area contributed by atoms with E-state index in [1.54, 1.807) is 0 Å². The van der Waals surface area contributed by atoms with Crippen LogP contribution in [0.25, 0.3) is 0 Å². The van der Waals surface area contributed by atoms with E-state index < -0.39 is 0 Å². The van der Waals surface area contributed by atoms with Gasteiger partial charge in [-0.1, -0.05) is 64.4 Å². The third kappa shape index (κ3) is 8.65. The second-order valence-corrected chi connectivity index (χ2v) is 8.50. The van der Waals surface area contributed by atoms with Crippen LogP contribution >= 0.6 is 0 Å². The summed E-state index contributed by atoms with van der Waals surface area (Å²) in [4.78, 5) is 12.0. The molecule has 4 heteroatoms. The third-order valence-electron chi connectivity index (χ3n) is 6.06. The molecule has 2 saturated heterocycles. The number of ether oxygens (including phenoxy) is 3. The summed E-state index contributed by atoms with van der Waals surface area (Å²) in [6.45, 7) is 6.87. The number of rotatable bonds is 16. The van der Waals surface area contributed by atoms with Crippen molar-refractivity contribution < 1.29 is 19.0 Å². The van der Waals surface area contributed by atoms with Gasteiger partial charge in [-0.15, -0.1) is 6.58 Å². The number of hydrogen-bond acceptors (Lipinski definition) is 4. The van der Waals surface area contributed by atoms with E-state index in [4.69, 9.17) is 14.2 Å². The first kappa shape index (κ1) is 23.4. The Morgan fingerprint density at radius 2 is 1.89 bits per heavy atom. The summed E-state index contributed by atoms with van der Waals surface area (Å²) in [6, 6.07) is 0. The molecule has 0 saturated carbocycles. The van der Waals surface area contributed by atoms with E-state index in [-0.39, 0.29) is 30.4 Å². The zero-order valence-electron chi connectivity index (χ0n) is 18.0. The lowest BCUT2D eigenvalue weighted by Gasteiger charge is -2.38. The summed E-state index contributed by atoms with van der Waals surface area (Å²) in [7, 11) is 0. The molecule has 162 valence electrons. The lowest BCUT2D eigenvalue weighted by Crippen LogP contribution is -2.47. The maximum absolute atomic E-state index is 12.0. The molecule has 3 unspecified atom stereocenters. The molecule has 0 N–H and O–H groups in total. The highest BCUT2D eigenvalue weighted by atomic mass is 16.7. The van der Waals surface area contributed by atoms with Crippen LogP contribution in [0.15, 0.2) is 12.7 Å². The molecule has 2 heterocycles. The van der Waals surface area contributed by atoms with E-state index >= 15 is 0 Å². The van der Waals surface area contributed by atoms with Gasteiger partial charge in [0.1, 0.15) is 6.10 Å². The minimum Gasteiger partial charge on any atom is -0.461 e. The first-order valence-corrected chi connectivity index (χ1v) is 11.8. The Bertz CT molecular complexity index is 430. The fourth-order valence-corrected chi connectivity index (χ4v) is 4.25. The molecule has 2 rings (SSSR count). The fraction of sp³-hybridized carbons (Fsp3) is 0.875. The molecule has 0 aromatic heterocycles. The maximum Gasteiger partial charge on any atom is 0.313 e. The molecule has 0 aromatic carbocycles. The first-order chi connectivity index (χ1) is 13.7. The monoisotopic (exact) mass is 394 g/mol. The van der Waals surface area contributed by atoms with Crippen molar-refractivity contribution in [1.29, 1.82) is 0 Å². The van der Waals surface area contributed by atoms with Crippen LogP contribution in [0.5, 0.6) is 0 Å². The highest BCUT2D eigenvalue weighted by Crippen LogP contribution is 2.33. The second kappa shape index (κ2) is 14.2. The van der Waals surface area contributed by atoms with Crippen molar-refractivity contribution in [3.05, 3.63) is 12.7 Å². The molecule has 0 radical (unpaired) electrons. The van der Waals surface area contributed by atoms with Crippen molar-refractivity contribution in [3.8, 4) is 0 Å². The van der Waals surface area contributed by atoms with Crippen LogP contribution in [0.2, 0.25) is 0 Å². The first-order valence-electron chi connectivity index (χ1n) is 11.8. The number of unbranched alkanes of at least 4 members (excludes halogenated alkanes) is 7. The molecular formula is C24H42O4. The van der Waals surface area contributed by atoms with Crippen LogP contribution < -0.4 is 0 Å². The SMILES string of the molecule is C=CCC[C@H](CC1OC(=O)C1CCCCCCCCCC)OC1CCCCO1. The summed E-state index contributed by atoms with van der Waals surface area (Å²) in [5.41, 5.74) is 0. The molecule has 0 spiro atoms. The zero-order valence-corrected chi connectivity index (χ0v) is 18.0. The molecule has 28 heavy (non-hydrogen) atoms. The van der Waals surface area contributed by atoms with E-state index in [2.05, 4.69) is 13.5 Å². The average molecular weight is 395 g/mol. The van der Waals surface area contributed by atoms with Gasteiger partial charge in [-0.3, -0.25) is 4.79 Å². The summed E-state index contributed by atoms with van der Waals surface area (Å²) in [5, 5.41) is 0. The van der Waals surface area contributed by atoms with E-state index in [0.29, 0.717) is 0 Å². The number of carbonyl (C=O) groups is 1. The highest BCUT2D eigenvalue weighted by Gasteiger charge is 2.43. The Kier molecular flexibility index (Phi) is 11.8. The fourth-order valence-electron chi connectivity index (χ4n) is 4.25. The van der Waals surface area contributed by atoms with Gasteiger partial charge < -0.3 is 14.2 Å². The van der Waals surface area contributed by atoms with E-state index in [9.17, 15) is 4.79 Å². The van der Waals surface area contributed by atoms with Gasteiger partial charge in [0, 0.05) is 13.0 Å². The molecule has 0 amide bonds. The van der Waals surface area contributed by atoms with Gasteiger partial charge in [0.2, 0.25) is 0 Å². The predicted molar refractivity (Wildman–Crippen MR) is 113 cm³/mol. The summed E-state index contributed by atoms with van der Waals surface area (Å²) >= 11 is 0. The van der Waals surface area contributed by atoms with E-state index in [1.807, 2.05) is 6.08 Å². The van der Waals surface area contributed by atoms with Crippen LogP contribution in [-0.2, 0) is 19.0 Å². The van der Waals surface area contributed by atoms with Crippen molar-refractivity contribution in [3.63, 3.8) is 0 Å². The summed E-state index contributed by atoms with van der Waals surface area (Å²) in [6.07, 6.45) is 19.2. The van der Waals surface area contributed by atoms with Crippen molar-refractivity contribution in [2.45, 2.75) is 122 Å². The second-order valence-electron chi connectivity index (χ2n) is 8.50. The van der Waals surface area contributed by atoms with Gasteiger partial charge in [0.15, 0.2) is 6.29 Å². The molecule has 4 nitrogen and oxygen atoms in total. The minimum atomic E-state index is -0.0921. The maximum atomic E-state index is 12.0. The molecule has 2 aliphatic rings. The van der Waals surface area contributed by atoms with Gasteiger partial charge in [-0.05, 0) is 38.5 Å². The van der Waals surface area contributed by atoms with Gasteiger partial charge >= 0.3 is 5.97 Å². The standard InChI is InChI=1S/C24H42O4/c1-3-5-7-8-9-10-11-12-16-21-22(28-24(21)25)19-20(15-6-4-2)27-23-17-13-14-18-26-23/h4,20-23H,2-3,5-19H2,1H3/t20-,21?,22?,23?/m1/s1. The zero-order chi connectivity index (χ0) is 20.0. The minimum absolute atomic E-state index is 0.00988. The van der Waals surface area contributed by atoms with Crippen molar-refractivity contribution in [2.75, 3.05) is 6.61 Å². The van der Waals surface area contributed by atoms with Gasteiger partial charge in [-0.2, -0.15) is 0 Å². The third-order valence-corrected chi connectivity index (χ3v) is 6.06. The lowest BCUT2D eigenvalue weighted by molar-refractivity contribution is -0.210. The van der Waals surface area contributed by atoms with Crippen LogP contribution in [0.4, 0.5) is 0 Å². The number of esters is 1. The Morgan fingerprint density at radius 1 is 1.14 bits per heavy atom. The number of cyclic esters (lactones) is 1. The predicted octanol–water partition coefficient (Wildman–Crippen LogP) is 6.33. The highest BCUT2D eigenvalue weighted by molar-refractivity contribution is 5.78. The summed E-state index contributed by atoms with van der Waals surface area (Å²) < 4.78 is 17.4. The van der Waals surface area contributed by atoms with Gasteiger partial charge in [0.25, 0.3) is 0 Å². The molecule has 2 aliphatic heterocycles. The quantitative estimate of drug-likeness (QED) is 0.174. The lowest BCUT2D eigenvalue weighted by atomic mass is 9.86. The molecular weight excluding hydrogens is 352 g/mol. The normalized spacial score (nSPS) is 25.8. The van der Waals surface area contributed by atoms with Crippen LogP contribution in [0, 0.1) is 5.92 Å². The van der Waals surface area contributed by atoms with Crippen LogP contribution in [0.3, 0.4) is 0 Å². The Hall–Kier alpha value is -0.870. The molecule has 4 atom stereocenters. The molecule has 0 aliphatic carbocycles. The Morgan fingerprint density at radius 3 is 2.54 bits per heavy atom. The smallest absolute Gasteiger partial charge is 0.313 e. The van der Waals surface area contributed by atoms with Crippen molar-refractivity contribution in [1.82, 2.24) is 0 Å². The van der Waals surface area contributed by atoms with E-state index in [0.717, 1.165) is 51.6 Å².